The summed E-state index contributed by atoms with van der Waals surface area (Å²) >= 11 is 0. The molecule has 0 amide bonds. The van der Waals surface area contributed by atoms with Crippen LogP contribution in [0.1, 0.15) is 13.8 Å². The van der Waals surface area contributed by atoms with Gasteiger partial charge in [-0.1, -0.05) is 32.0 Å². The van der Waals surface area contributed by atoms with E-state index in [9.17, 15) is 4.79 Å². The first-order valence-corrected chi connectivity index (χ1v) is 4.01. The summed E-state index contributed by atoms with van der Waals surface area (Å²) in [4.78, 5) is 9.70. The molecule has 0 unspecified atom stereocenters. The standard InChI is InChI=1S/C6H6O.C4H8O2.H2O/c7-6-4-2-1-3-5-6;1-3(2)4(5)6;/h1-5,7H;3H,1-2H3,(H,5,6);1H2. The molecule has 1 rings (SSSR count). The predicted octanol–water partition coefficient (Wildman–Crippen LogP) is 1.29. The topological polar surface area (TPSA) is 89.0 Å². The van der Waals surface area contributed by atoms with Crippen molar-refractivity contribution < 1.29 is 20.5 Å². The van der Waals surface area contributed by atoms with Gasteiger partial charge in [0.15, 0.2) is 0 Å². The number of para-hydroxylation sites is 1. The molecule has 0 atom stereocenters. The molecule has 0 spiro atoms. The smallest absolute Gasteiger partial charge is 0.305 e. The van der Waals surface area contributed by atoms with Crippen molar-refractivity contribution in [1.82, 2.24) is 0 Å². The largest absolute Gasteiger partial charge is 0.508 e. The molecule has 0 aliphatic rings. The van der Waals surface area contributed by atoms with Crippen LogP contribution in [0.4, 0.5) is 0 Å². The zero-order chi connectivity index (χ0) is 10.3. The highest BCUT2D eigenvalue weighted by Gasteiger charge is 1.99. The van der Waals surface area contributed by atoms with Crippen molar-refractivity contribution in [3.63, 3.8) is 0 Å². The summed E-state index contributed by atoms with van der Waals surface area (Å²) in [6, 6.07) is 8.71. The van der Waals surface area contributed by atoms with E-state index in [1.54, 1.807) is 38.1 Å². The monoisotopic (exact) mass is 200 g/mol. The van der Waals surface area contributed by atoms with Crippen LogP contribution in [-0.4, -0.2) is 21.7 Å². The average molecular weight is 200 g/mol. The molecule has 1 aromatic rings. The van der Waals surface area contributed by atoms with Crippen molar-refractivity contribution in [2.75, 3.05) is 0 Å². The zero-order valence-electron chi connectivity index (χ0n) is 8.27. The number of phenols is 1. The van der Waals surface area contributed by atoms with E-state index in [1.807, 2.05) is 6.07 Å². The van der Waals surface area contributed by atoms with Crippen LogP contribution < -0.4 is 0 Å². The van der Waals surface area contributed by atoms with Crippen LogP contribution in [0.25, 0.3) is 0 Å². The lowest BCUT2D eigenvalue weighted by molar-refractivity contribution is -0.140. The van der Waals surface area contributed by atoms with Crippen LogP contribution >= 0.6 is 0 Å². The van der Waals surface area contributed by atoms with E-state index in [0.717, 1.165) is 0 Å². The molecular weight excluding hydrogens is 184 g/mol. The summed E-state index contributed by atoms with van der Waals surface area (Å²) < 4.78 is 0. The van der Waals surface area contributed by atoms with Crippen molar-refractivity contribution in [3.05, 3.63) is 30.3 Å². The summed E-state index contributed by atoms with van der Waals surface area (Å²) in [7, 11) is 0. The molecule has 4 heteroatoms. The Morgan fingerprint density at radius 2 is 1.57 bits per heavy atom. The van der Waals surface area contributed by atoms with Crippen molar-refractivity contribution in [2.24, 2.45) is 5.92 Å². The summed E-state index contributed by atoms with van der Waals surface area (Å²) in [5, 5.41) is 16.6. The normalized spacial score (nSPS) is 8.21. The van der Waals surface area contributed by atoms with Gasteiger partial charge >= 0.3 is 5.97 Å². The Bertz CT molecular complexity index is 244. The number of benzene rings is 1. The van der Waals surface area contributed by atoms with E-state index in [1.165, 1.54) is 0 Å². The zero-order valence-corrected chi connectivity index (χ0v) is 8.27. The van der Waals surface area contributed by atoms with E-state index < -0.39 is 5.97 Å². The number of rotatable bonds is 1. The van der Waals surface area contributed by atoms with Crippen LogP contribution in [0.15, 0.2) is 30.3 Å². The molecule has 1 aromatic carbocycles. The molecule has 0 fully saturated rings. The fraction of sp³-hybridized carbons (Fsp3) is 0.300. The van der Waals surface area contributed by atoms with Gasteiger partial charge in [-0.3, -0.25) is 4.79 Å². The first kappa shape index (κ1) is 14.9. The highest BCUT2D eigenvalue weighted by atomic mass is 16.4. The predicted molar refractivity (Wildman–Crippen MR) is 54.2 cm³/mol. The van der Waals surface area contributed by atoms with E-state index >= 15 is 0 Å². The SMILES string of the molecule is CC(C)C(=O)O.O.Oc1ccccc1. The first-order chi connectivity index (χ1) is 6.04. The number of phenolic OH excluding ortho intramolecular Hbond substituents is 1. The van der Waals surface area contributed by atoms with Crippen LogP contribution in [0.2, 0.25) is 0 Å². The molecule has 0 saturated heterocycles. The summed E-state index contributed by atoms with van der Waals surface area (Å²) in [6.07, 6.45) is 0. The van der Waals surface area contributed by atoms with E-state index in [0.29, 0.717) is 5.75 Å². The van der Waals surface area contributed by atoms with E-state index in [-0.39, 0.29) is 11.4 Å². The van der Waals surface area contributed by atoms with Crippen LogP contribution in [0.5, 0.6) is 5.75 Å². The average Bonchev–Trinajstić information content (AvgIpc) is 2.06. The Kier molecular flexibility index (Phi) is 8.61. The molecule has 4 nitrogen and oxygen atoms in total. The highest BCUT2D eigenvalue weighted by molar-refractivity contribution is 5.68. The van der Waals surface area contributed by atoms with Gasteiger partial charge in [-0.05, 0) is 12.1 Å². The number of carboxylic acid groups (broad SMARTS) is 1. The third kappa shape index (κ3) is 8.55. The van der Waals surface area contributed by atoms with Gasteiger partial charge < -0.3 is 15.7 Å². The van der Waals surface area contributed by atoms with Gasteiger partial charge in [0.2, 0.25) is 0 Å². The van der Waals surface area contributed by atoms with Crippen molar-refractivity contribution in [1.29, 1.82) is 0 Å². The first-order valence-electron chi connectivity index (χ1n) is 4.01. The lowest BCUT2D eigenvalue weighted by Gasteiger charge is -1.89. The van der Waals surface area contributed by atoms with Crippen LogP contribution in [0.3, 0.4) is 0 Å². The number of aromatic hydroxyl groups is 1. The molecule has 0 aliphatic heterocycles. The minimum Gasteiger partial charge on any atom is -0.508 e. The van der Waals surface area contributed by atoms with E-state index in [4.69, 9.17) is 10.2 Å². The van der Waals surface area contributed by atoms with Crippen molar-refractivity contribution >= 4 is 5.97 Å². The van der Waals surface area contributed by atoms with Gasteiger partial charge in [0, 0.05) is 0 Å². The van der Waals surface area contributed by atoms with Gasteiger partial charge in [0.25, 0.3) is 0 Å². The fourth-order valence-electron chi connectivity index (χ4n) is 0.428. The summed E-state index contributed by atoms with van der Waals surface area (Å²) in [6.45, 7) is 3.28. The number of hydrogen-bond donors (Lipinski definition) is 2. The number of carboxylic acids is 1. The minimum atomic E-state index is -0.741. The Morgan fingerprint density at radius 1 is 1.21 bits per heavy atom. The Hall–Kier alpha value is -1.55. The lowest BCUT2D eigenvalue weighted by atomic mass is 10.2. The van der Waals surface area contributed by atoms with E-state index in [2.05, 4.69) is 0 Å². The number of hydrogen-bond acceptors (Lipinski definition) is 2. The Balaban J connectivity index is 0. The molecule has 0 heterocycles. The van der Waals surface area contributed by atoms with Crippen LogP contribution in [-0.2, 0) is 4.79 Å². The third-order valence-corrected chi connectivity index (χ3v) is 1.25. The molecule has 80 valence electrons. The second kappa shape index (κ2) is 8.07. The van der Waals surface area contributed by atoms with Gasteiger partial charge in [-0.15, -0.1) is 0 Å². The van der Waals surface area contributed by atoms with Crippen LogP contribution in [0, 0.1) is 5.92 Å². The molecule has 0 aliphatic carbocycles. The lowest BCUT2D eigenvalue weighted by Crippen LogP contribution is -2.03. The highest BCUT2D eigenvalue weighted by Crippen LogP contribution is 2.02. The molecular formula is C10H16O4. The number of aliphatic carboxylic acids is 1. The van der Waals surface area contributed by atoms with Crippen molar-refractivity contribution in [3.8, 4) is 5.75 Å². The molecule has 0 radical (unpaired) electrons. The Labute approximate surface area is 83.1 Å². The fourth-order valence-corrected chi connectivity index (χ4v) is 0.428. The summed E-state index contributed by atoms with van der Waals surface area (Å²) in [5.74, 6) is -0.650. The van der Waals surface area contributed by atoms with Gasteiger partial charge in [0.05, 0.1) is 5.92 Å². The molecule has 14 heavy (non-hydrogen) atoms. The minimum absolute atomic E-state index is 0. The second-order valence-electron chi connectivity index (χ2n) is 2.83. The van der Waals surface area contributed by atoms with Crippen molar-refractivity contribution in [2.45, 2.75) is 13.8 Å². The number of carbonyl (C=O) groups is 1. The molecule has 4 N–H and O–H groups in total. The maximum atomic E-state index is 9.70. The second-order valence-corrected chi connectivity index (χ2v) is 2.83. The van der Waals surface area contributed by atoms with Gasteiger partial charge in [0.1, 0.15) is 5.75 Å². The maximum Gasteiger partial charge on any atom is 0.305 e. The Morgan fingerprint density at radius 3 is 1.71 bits per heavy atom. The van der Waals surface area contributed by atoms with Gasteiger partial charge in [-0.2, -0.15) is 0 Å². The summed E-state index contributed by atoms with van der Waals surface area (Å²) in [5.41, 5.74) is 0. The van der Waals surface area contributed by atoms with Gasteiger partial charge in [-0.25, -0.2) is 0 Å². The molecule has 0 aromatic heterocycles. The molecule has 0 bridgehead atoms. The quantitative estimate of drug-likeness (QED) is 0.715. The molecule has 0 saturated carbocycles. The third-order valence-electron chi connectivity index (χ3n) is 1.25. The maximum absolute atomic E-state index is 9.70.